The van der Waals surface area contributed by atoms with Crippen LogP contribution in [0.2, 0.25) is 0 Å². The minimum atomic E-state index is -6.49. The van der Waals surface area contributed by atoms with Crippen molar-refractivity contribution in [3.8, 4) is 0 Å². The Kier molecular flexibility index (Phi) is 32.6. The summed E-state index contributed by atoms with van der Waals surface area (Å²) < 4.78 is 524. The predicted octanol–water partition coefficient (Wildman–Crippen LogP) is 21.4. The molecule has 0 radical (unpaired) electrons. The maximum absolute atomic E-state index is 12.7. The zero-order chi connectivity index (χ0) is 88.3. The minimum Gasteiger partial charge on any atom is -0.381 e. The number of halogens is 42. The van der Waals surface area contributed by atoms with Crippen LogP contribution in [0, 0.1) is 29.1 Å². The third-order valence-electron chi connectivity index (χ3n) is 18.8. The molecule has 654 valence electrons. The van der Waals surface area contributed by atoms with E-state index in [0.29, 0.717) is 63.4 Å². The average molecular weight is 1730 g/mol. The second-order valence-corrected chi connectivity index (χ2v) is 27.1. The highest BCUT2D eigenvalue weighted by Gasteiger charge is 2.76. The van der Waals surface area contributed by atoms with Gasteiger partial charge in [0.05, 0.1) is 6.61 Å². The third kappa shape index (κ3) is 24.2. The second kappa shape index (κ2) is 34.8. The predicted molar refractivity (Wildman–Crippen MR) is 297 cm³/mol. The molecule has 2 fully saturated rings. The molecule has 0 heterocycles. The number of methoxy groups -OCH3 is 1. The number of fused-ring (bicyclic) bond motifs is 3. The summed E-state index contributed by atoms with van der Waals surface area (Å²) in [7, 11) is 1.23. The van der Waals surface area contributed by atoms with E-state index in [2.05, 4.69) is 4.74 Å². The molecule has 7 rings (SSSR count). The number of aliphatic hydroxyl groups is 7. The number of hydrogen-bond acceptors (Lipinski definition) is 8. The molecule has 0 amide bonds. The molecule has 0 aromatic rings. The molecule has 0 aromatic heterocycles. The average Bonchev–Trinajstić information content (AvgIpc) is 1.23. The highest BCUT2D eigenvalue weighted by molar-refractivity contribution is 5.27. The van der Waals surface area contributed by atoms with Crippen molar-refractivity contribution in [1.82, 2.24) is 0 Å². The Balaban J connectivity index is 0.000000670. The Hall–Kier alpha value is -4.82. The van der Waals surface area contributed by atoms with Crippen LogP contribution in [0.1, 0.15) is 136 Å². The number of hydrogen-bond donors (Lipinski definition) is 7. The zero-order valence-electron chi connectivity index (χ0n) is 56.7. The van der Waals surface area contributed by atoms with Gasteiger partial charge in [-0.25, -0.2) is 0 Å². The summed E-state index contributed by atoms with van der Waals surface area (Å²) in [6, 6.07) is 0. The number of alkyl halides is 42. The van der Waals surface area contributed by atoms with Gasteiger partial charge in [-0.2, -0.15) is 184 Å². The molecule has 8 nitrogen and oxygen atoms in total. The Bertz CT molecular complexity index is 3080. The molecule has 7 N–H and O–H groups in total. The van der Waals surface area contributed by atoms with Gasteiger partial charge < -0.3 is 40.5 Å². The van der Waals surface area contributed by atoms with Crippen LogP contribution in [0.15, 0.2) is 70.4 Å². The van der Waals surface area contributed by atoms with Crippen molar-refractivity contribution >= 4 is 0 Å². The van der Waals surface area contributed by atoms with E-state index in [1.54, 1.807) is 0 Å². The van der Waals surface area contributed by atoms with Gasteiger partial charge in [0, 0.05) is 45.6 Å². The highest BCUT2D eigenvalue weighted by Crippen LogP contribution is 2.63. The summed E-state index contributed by atoms with van der Waals surface area (Å²) >= 11 is 0. The summed E-state index contributed by atoms with van der Waals surface area (Å²) in [6.07, 6.45) is -81.0. The largest absolute Gasteiger partial charge is 0.430 e. The fourth-order valence-corrected chi connectivity index (χ4v) is 11.8. The van der Waals surface area contributed by atoms with E-state index in [-0.39, 0.29) is 71.8 Å². The fourth-order valence-electron chi connectivity index (χ4n) is 11.8. The van der Waals surface area contributed by atoms with Gasteiger partial charge in [0.25, 0.3) is 39.2 Å². The number of rotatable bonds is 15. The van der Waals surface area contributed by atoms with Gasteiger partial charge >= 0.3 is 86.5 Å². The highest BCUT2D eigenvalue weighted by atomic mass is 19.5. The molecule has 7 aliphatic carbocycles. The van der Waals surface area contributed by atoms with Gasteiger partial charge in [-0.3, -0.25) is 0 Å². The maximum Gasteiger partial charge on any atom is 0.430 e. The van der Waals surface area contributed by atoms with Crippen LogP contribution >= 0.6 is 0 Å². The number of ether oxygens (including phenoxy) is 1. The summed E-state index contributed by atoms with van der Waals surface area (Å²) in [5.74, 6) is -0.152. The van der Waals surface area contributed by atoms with Gasteiger partial charge in [0.2, 0.25) is 0 Å². The van der Waals surface area contributed by atoms with Crippen LogP contribution in [0.4, 0.5) is 184 Å². The third-order valence-corrected chi connectivity index (χ3v) is 18.8. The molecule has 0 spiro atoms. The van der Waals surface area contributed by atoms with E-state index in [1.165, 1.54) is 31.4 Å². The van der Waals surface area contributed by atoms with Gasteiger partial charge in [-0.15, -0.1) is 0 Å². The van der Waals surface area contributed by atoms with Gasteiger partial charge in [0.1, 0.15) is 0 Å². The molecule has 0 saturated heterocycles. The maximum atomic E-state index is 12.7. The van der Waals surface area contributed by atoms with Crippen LogP contribution in [-0.2, 0) is 4.74 Å². The first-order chi connectivity index (χ1) is 48.7. The Morgan fingerprint density at radius 3 is 1.00 bits per heavy atom. The normalized spacial score (nSPS) is 21.4. The van der Waals surface area contributed by atoms with Crippen molar-refractivity contribution in [3.63, 3.8) is 0 Å². The van der Waals surface area contributed by atoms with Crippen LogP contribution < -0.4 is 0 Å². The smallest absolute Gasteiger partial charge is 0.381 e. The summed E-state index contributed by atoms with van der Waals surface area (Å²) in [5.41, 5.74) is -36.5. The Morgan fingerprint density at radius 1 is 0.396 bits per heavy atom. The first-order valence-electron chi connectivity index (χ1n) is 31.2. The molecule has 0 aromatic carbocycles. The summed E-state index contributed by atoms with van der Waals surface area (Å²) in [5, 5.41) is 62.2. The van der Waals surface area contributed by atoms with Crippen molar-refractivity contribution < 1.29 is 225 Å². The van der Waals surface area contributed by atoms with Gasteiger partial charge in [-0.1, -0.05) is 78.2 Å². The first-order valence-corrected chi connectivity index (χ1v) is 31.2. The minimum absolute atomic E-state index is 0.0113. The number of allylic oxidation sites excluding steroid dienone is 4. The summed E-state index contributed by atoms with van der Waals surface area (Å²) in [4.78, 5) is 0. The van der Waals surface area contributed by atoms with E-state index in [9.17, 15) is 190 Å². The second-order valence-electron chi connectivity index (χ2n) is 27.1. The van der Waals surface area contributed by atoms with E-state index in [1.807, 2.05) is 13.8 Å². The lowest BCUT2D eigenvalue weighted by Gasteiger charge is -2.57. The van der Waals surface area contributed by atoms with Crippen molar-refractivity contribution in [2.24, 2.45) is 29.1 Å². The molecular formula is C61H68F42O8. The van der Waals surface area contributed by atoms with Crippen molar-refractivity contribution in [2.75, 3.05) is 13.7 Å². The summed E-state index contributed by atoms with van der Waals surface area (Å²) in [6.45, 7) is 3.59. The monoisotopic (exact) mass is 1730 g/mol. The lowest BCUT2D eigenvalue weighted by molar-refractivity contribution is -0.368. The molecule has 4 atom stereocenters. The molecular weight excluding hydrogens is 1660 g/mol. The van der Waals surface area contributed by atoms with Crippen LogP contribution in [0.25, 0.3) is 0 Å². The van der Waals surface area contributed by atoms with E-state index >= 15 is 0 Å². The fraction of sp³-hybridized carbons (Fsp3) is 0.803. The molecule has 4 unspecified atom stereocenters. The van der Waals surface area contributed by atoms with E-state index < -0.39 is 176 Å². The standard InChI is InChI=1S/C13H16F6O.C11H12F6O.C10H8F12O2.C10H12F6O.C9H10F6O.C8H10F6O2/c1-10(2)8-4-3-7(9(10)5-8)6-11(20,12(14,15)16)13(17,18)19;12-10(13,14)9(18,11(15,16)17)5-8-4-6-1-2-7(8)3-6;1-4(2-5(23,7(11,12)13)8(14,15)16)3-6(24,9(17,18)19)10(20,21)22;11-9(12,13)8(17,10(14,15)16)6-7-4-2-1-3-5-7;10-8(11,12)7(16,9(13,14)15)5-6-3-1-2-4-6;1-16-5-3-2-4-6(15,7(9,10)11)8(12,13)14/h3,8-9,20H,4-6H2,1-2H3;4,6-7,18H,1-3,5H2;2,23-24H,3H2,1H3;4,17H,1-3,5-6H2;3,16H,1-2,4-5H2;2-3,15H,4-5H2,1H3/b;;4-2-;;;3-2+. The Morgan fingerprint density at radius 2 is 0.730 bits per heavy atom. The van der Waals surface area contributed by atoms with Crippen molar-refractivity contribution in [1.29, 1.82) is 0 Å². The SMILES string of the molecule is C/C(=C/C(O)(C(F)(F)F)C(F)(F)F)CC(O)(C(F)(F)F)C(F)(F)F.CC1(C)C2CC=C(CC(O)(C(F)(F)F)C(F)(F)F)C1C2.COC/C=C/CC(O)(C(F)(F)F)C(F)(F)F.OC(CC1=CC2CCC1C2)(C(F)(F)F)C(F)(F)F.OC(CC1=CCCC1)(C(F)(F)F)C(F)(F)F.OC(CC1=CCCCC1)(C(F)(F)F)C(F)(F)F. The molecule has 4 bridgehead atoms. The first kappa shape index (κ1) is 104. The van der Waals surface area contributed by atoms with Gasteiger partial charge in [0.15, 0.2) is 0 Å². The quantitative estimate of drug-likeness (QED) is 0.0633. The van der Waals surface area contributed by atoms with E-state index in [0.717, 1.165) is 18.9 Å². The molecule has 7 aliphatic rings. The van der Waals surface area contributed by atoms with Crippen molar-refractivity contribution in [3.05, 3.63) is 70.4 Å². The van der Waals surface area contributed by atoms with Crippen LogP contribution in [-0.4, -0.2) is 175 Å². The zero-order valence-corrected chi connectivity index (χ0v) is 56.7. The van der Waals surface area contributed by atoms with Crippen molar-refractivity contribution in [2.45, 2.75) is 262 Å². The molecule has 2 saturated carbocycles. The lowest BCUT2D eigenvalue weighted by atomic mass is 9.48. The molecule has 111 heavy (non-hydrogen) atoms. The topological polar surface area (TPSA) is 151 Å². The Labute approximate surface area is 599 Å². The van der Waals surface area contributed by atoms with Gasteiger partial charge in [-0.05, 0) is 119 Å². The van der Waals surface area contributed by atoms with Crippen LogP contribution in [0.5, 0.6) is 0 Å². The molecule has 50 heteroatoms. The lowest BCUT2D eigenvalue weighted by Crippen LogP contribution is -2.58. The van der Waals surface area contributed by atoms with Crippen LogP contribution in [0.3, 0.4) is 0 Å². The van der Waals surface area contributed by atoms with E-state index in [4.69, 9.17) is 30.6 Å². The molecule has 0 aliphatic heterocycles.